The Morgan fingerprint density at radius 2 is 1.58 bits per heavy atom. The molecule has 2 unspecified atom stereocenters. The van der Waals surface area contributed by atoms with Crippen molar-refractivity contribution in [1.82, 2.24) is 4.90 Å². The second kappa shape index (κ2) is 9.56. The number of fused-ring (bicyclic) bond motifs is 1. The molecule has 1 saturated heterocycles. The van der Waals surface area contributed by atoms with E-state index in [1.807, 2.05) is 0 Å². The monoisotopic (exact) mass is 416 g/mol. The van der Waals surface area contributed by atoms with Gasteiger partial charge in [-0.05, 0) is 68.7 Å². The minimum absolute atomic E-state index is 0.223. The smallest absolute Gasteiger partial charge is 0.230 e. The normalized spacial score (nSPS) is 24.8. The Balaban J connectivity index is 1.36. The van der Waals surface area contributed by atoms with Gasteiger partial charge >= 0.3 is 0 Å². The Bertz CT molecular complexity index is 874. The van der Waals surface area contributed by atoms with Crippen LogP contribution >= 0.6 is 0 Å². The van der Waals surface area contributed by atoms with Crippen LogP contribution in [0.2, 0.25) is 0 Å². The maximum atomic E-state index is 13.8. The molecule has 164 valence electrons. The van der Waals surface area contributed by atoms with E-state index >= 15 is 0 Å². The number of rotatable bonds is 5. The largest absolute Gasteiger partial charge is 0.308 e. The maximum Gasteiger partial charge on any atom is 0.230 e. The van der Waals surface area contributed by atoms with Crippen LogP contribution in [0, 0.1) is 5.92 Å². The molecule has 2 heterocycles. The fraction of sp³-hybridized carbons (Fsp3) is 0.536. The average molecular weight is 417 g/mol. The predicted molar refractivity (Wildman–Crippen MR) is 127 cm³/mol. The van der Waals surface area contributed by atoms with Crippen LogP contribution in [0.25, 0.3) is 0 Å². The van der Waals surface area contributed by atoms with E-state index in [1.165, 1.54) is 55.5 Å². The van der Waals surface area contributed by atoms with Crippen LogP contribution in [0.15, 0.2) is 54.6 Å². The van der Waals surface area contributed by atoms with Crippen LogP contribution in [0.4, 0.5) is 5.69 Å². The van der Waals surface area contributed by atoms with Crippen LogP contribution in [-0.4, -0.2) is 36.0 Å². The first-order valence-corrected chi connectivity index (χ1v) is 12.5. The average Bonchev–Trinajstić information content (AvgIpc) is 3.26. The van der Waals surface area contributed by atoms with Gasteiger partial charge in [-0.3, -0.25) is 9.69 Å². The lowest BCUT2D eigenvalue weighted by atomic mass is 9.86. The van der Waals surface area contributed by atoms with Crippen molar-refractivity contribution in [2.24, 2.45) is 5.92 Å². The summed E-state index contributed by atoms with van der Waals surface area (Å²) in [4.78, 5) is 18.7. The lowest BCUT2D eigenvalue weighted by molar-refractivity contribution is -0.124. The van der Waals surface area contributed by atoms with Gasteiger partial charge < -0.3 is 4.90 Å². The number of aryl methyl sites for hydroxylation is 1. The number of anilines is 1. The summed E-state index contributed by atoms with van der Waals surface area (Å²) in [6, 6.07) is 20.5. The number of likely N-dealkylation sites (tertiary alicyclic amines) is 1. The first-order valence-electron chi connectivity index (χ1n) is 12.5. The summed E-state index contributed by atoms with van der Waals surface area (Å²) in [5.41, 5.74) is 3.97. The summed E-state index contributed by atoms with van der Waals surface area (Å²) < 4.78 is 0. The highest BCUT2D eigenvalue weighted by Gasteiger charge is 2.37. The quantitative estimate of drug-likeness (QED) is 0.631. The zero-order valence-electron chi connectivity index (χ0n) is 18.7. The van der Waals surface area contributed by atoms with E-state index in [4.69, 9.17) is 0 Å². The Morgan fingerprint density at radius 3 is 2.42 bits per heavy atom. The minimum atomic E-state index is 0.223. The van der Waals surface area contributed by atoms with Gasteiger partial charge in [0.1, 0.15) is 0 Å². The molecule has 2 aromatic carbocycles. The number of para-hydroxylation sites is 1. The maximum absolute atomic E-state index is 13.8. The number of hydrogen-bond donors (Lipinski definition) is 0. The van der Waals surface area contributed by atoms with Gasteiger partial charge in [0.05, 0.1) is 0 Å². The lowest BCUT2D eigenvalue weighted by Crippen LogP contribution is -2.52. The van der Waals surface area contributed by atoms with Crippen molar-refractivity contribution in [2.45, 2.75) is 76.3 Å². The van der Waals surface area contributed by atoms with Gasteiger partial charge in [-0.15, -0.1) is 0 Å². The summed E-state index contributed by atoms with van der Waals surface area (Å²) in [6.45, 7) is 2.19. The molecule has 1 amide bonds. The van der Waals surface area contributed by atoms with Gasteiger partial charge in [0.2, 0.25) is 5.91 Å². The van der Waals surface area contributed by atoms with Gasteiger partial charge in [-0.1, -0.05) is 67.8 Å². The molecule has 3 nitrogen and oxygen atoms in total. The van der Waals surface area contributed by atoms with Crippen LogP contribution < -0.4 is 4.90 Å². The van der Waals surface area contributed by atoms with Gasteiger partial charge in [-0.2, -0.15) is 0 Å². The zero-order chi connectivity index (χ0) is 21.0. The Labute approximate surface area is 187 Å². The van der Waals surface area contributed by atoms with Crippen molar-refractivity contribution in [1.29, 1.82) is 0 Å². The van der Waals surface area contributed by atoms with Crippen molar-refractivity contribution in [3.05, 3.63) is 65.7 Å². The topological polar surface area (TPSA) is 23.6 Å². The molecule has 31 heavy (non-hydrogen) atoms. The van der Waals surface area contributed by atoms with Crippen molar-refractivity contribution in [3.63, 3.8) is 0 Å². The molecule has 0 spiro atoms. The third-order valence-electron chi connectivity index (χ3n) is 7.81. The Hall–Kier alpha value is -2.13. The molecule has 0 radical (unpaired) electrons. The van der Waals surface area contributed by atoms with E-state index in [1.54, 1.807) is 0 Å². The molecule has 2 fully saturated rings. The first kappa shape index (κ1) is 20.8. The van der Waals surface area contributed by atoms with Gasteiger partial charge in [0, 0.05) is 30.2 Å². The molecular formula is C28H36N2O. The van der Waals surface area contributed by atoms with E-state index in [9.17, 15) is 4.79 Å². The molecular weight excluding hydrogens is 380 g/mol. The predicted octanol–water partition coefficient (Wildman–Crippen LogP) is 5.62. The Kier molecular flexibility index (Phi) is 6.40. The summed E-state index contributed by atoms with van der Waals surface area (Å²) >= 11 is 0. The van der Waals surface area contributed by atoms with Crippen LogP contribution in [0.5, 0.6) is 0 Å². The highest BCUT2D eigenvalue weighted by molar-refractivity contribution is 5.97. The molecule has 2 atom stereocenters. The van der Waals surface area contributed by atoms with Crippen molar-refractivity contribution < 1.29 is 4.79 Å². The molecule has 0 bridgehead atoms. The second-order valence-electron chi connectivity index (χ2n) is 9.85. The van der Waals surface area contributed by atoms with E-state index in [0.29, 0.717) is 18.0 Å². The molecule has 1 saturated carbocycles. The molecule has 1 aliphatic carbocycles. The molecule has 0 aromatic heterocycles. The van der Waals surface area contributed by atoms with Gasteiger partial charge in [0.15, 0.2) is 0 Å². The molecule has 0 N–H and O–H groups in total. The van der Waals surface area contributed by atoms with Crippen LogP contribution in [-0.2, 0) is 17.6 Å². The summed E-state index contributed by atoms with van der Waals surface area (Å²) in [7, 11) is 0. The zero-order valence-corrected chi connectivity index (χ0v) is 18.7. The standard InChI is InChI=1S/C28H36N2O/c31-28(24-13-5-2-6-14-24)30-26(18-17-23-12-7-8-16-27(23)30)21-29-19-9-15-25(29)20-22-10-3-1-4-11-22/h1,3-4,7-8,10-12,16,24-26H,2,5-6,9,13-15,17-21H2. The van der Waals surface area contributed by atoms with E-state index in [-0.39, 0.29) is 5.92 Å². The second-order valence-corrected chi connectivity index (χ2v) is 9.85. The van der Waals surface area contributed by atoms with Crippen molar-refractivity contribution >= 4 is 11.6 Å². The fourth-order valence-electron chi connectivity index (χ4n) is 6.15. The van der Waals surface area contributed by atoms with E-state index in [2.05, 4.69) is 64.4 Å². The van der Waals surface area contributed by atoms with Crippen LogP contribution in [0.3, 0.4) is 0 Å². The van der Waals surface area contributed by atoms with Crippen LogP contribution in [0.1, 0.15) is 62.5 Å². The minimum Gasteiger partial charge on any atom is -0.308 e. The third-order valence-corrected chi connectivity index (χ3v) is 7.81. The van der Waals surface area contributed by atoms with Gasteiger partial charge in [-0.25, -0.2) is 0 Å². The highest BCUT2D eigenvalue weighted by Crippen LogP contribution is 2.36. The van der Waals surface area contributed by atoms with Crippen molar-refractivity contribution in [2.75, 3.05) is 18.0 Å². The first-order chi connectivity index (χ1) is 15.3. The number of hydrogen-bond acceptors (Lipinski definition) is 2. The van der Waals surface area contributed by atoms with Gasteiger partial charge in [0.25, 0.3) is 0 Å². The lowest BCUT2D eigenvalue weighted by Gasteiger charge is -2.42. The number of carbonyl (C=O) groups excluding carboxylic acids is 1. The number of nitrogens with zero attached hydrogens (tertiary/aromatic N) is 2. The van der Waals surface area contributed by atoms with E-state index < -0.39 is 0 Å². The number of carbonyl (C=O) groups is 1. The summed E-state index contributed by atoms with van der Waals surface area (Å²) in [5, 5.41) is 0. The molecule has 2 aliphatic heterocycles. The Morgan fingerprint density at radius 1 is 0.806 bits per heavy atom. The fourth-order valence-corrected chi connectivity index (χ4v) is 6.15. The third kappa shape index (κ3) is 4.57. The van der Waals surface area contributed by atoms with Crippen molar-refractivity contribution in [3.8, 4) is 0 Å². The number of amides is 1. The molecule has 3 aliphatic rings. The molecule has 3 heteroatoms. The SMILES string of the molecule is O=C(C1CCCCC1)N1c2ccccc2CCC1CN1CCCC1Cc1ccccc1. The summed E-state index contributed by atoms with van der Waals surface area (Å²) in [6.07, 6.45) is 11.7. The highest BCUT2D eigenvalue weighted by atomic mass is 16.2. The molecule has 5 rings (SSSR count). The summed E-state index contributed by atoms with van der Waals surface area (Å²) in [5.74, 6) is 0.622. The molecule has 2 aromatic rings. The number of benzene rings is 2. The van der Waals surface area contributed by atoms with E-state index in [0.717, 1.165) is 38.6 Å².